The van der Waals surface area contributed by atoms with Crippen LogP contribution in [0.25, 0.3) is 0 Å². The summed E-state index contributed by atoms with van der Waals surface area (Å²) in [5.41, 5.74) is 6.95. The number of ether oxygens (including phenoxy) is 2. The van der Waals surface area contributed by atoms with Gasteiger partial charge in [-0.15, -0.1) is 0 Å². The van der Waals surface area contributed by atoms with Gasteiger partial charge in [0.15, 0.2) is 0 Å². The molecule has 1 aromatic rings. The zero-order chi connectivity index (χ0) is 18.3. The van der Waals surface area contributed by atoms with E-state index in [0.29, 0.717) is 40.9 Å². The van der Waals surface area contributed by atoms with Crippen LogP contribution < -0.4 is 16.4 Å². The van der Waals surface area contributed by atoms with Crippen molar-refractivity contribution in [2.24, 2.45) is 0 Å². The highest BCUT2D eigenvalue weighted by Crippen LogP contribution is 2.30. The normalized spacial score (nSPS) is 10.9. The van der Waals surface area contributed by atoms with Gasteiger partial charge in [-0.2, -0.15) is 0 Å². The van der Waals surface area contributed by atoms with Crippen LogP contribution in [0.15, 0.2) is 16.6 Å². The average Bonchev–Trinajstić information content (AvgIpc) is 2.46. The number of hydrogen-bond donors (Lipinski definition) is 3. The Balaban J connectivity index is 2.46. The predicted octanol–water partition coefficient (Wildman–Crippen LogP) is 3.14. The summed E-state index contributed by atoms with van der Waals surface area (Å²) in [5.74, 6) is -0.449. The molecule has 0 spiro atoms. The Labute approximate surface area is 150 Å². The summed E-state index contributed by atoms with van der Waals surface area (Å²) >= 11 is 3.38. The summed E-state index contributed by atoms with van der Waals surface area (Å²) in [6.07, 6.45) is 0.245. The molecule has 0 fully saturated rings. The van der Waals surface area contributed by atoms with Gasteiger partial charge in [-0.25, -0.2) is 9.59 Å². The van der Waals surface area contributed by atoms with Crippen LogP contribution in [-0.2, 0) is 9.47 Å². The second-order valence-electron chi connectivity index (χ2n) is 6.12. The van der Waals surface area contributed by atoms with Crippen LogP contribution in [0.1, 0.15) is 37.6 Å². The van der Waals surface area contributed by atoms with E-state index in [-0.39, 0.29) is 0 Å². The minimum Gasteiger partial charge on any atom is -0.465 e. The topological polar surface area (TPSA) is 103 Å². The number of benzene rings is 1. The Kier molecular flexibility index (Phi) is 7.34. The molecular formula is C16H24BrN3O4. The van der Waals surface area contributed by atoms with Gasteiger partial charge in [-0.3, -0.25) is 0 Å². The van der Waals surface area contributed by atoms with Crippen LogP contribution in [0.5, 0.6) is 0 Å². The van der Waals surface area contributed by atoms with Gasteiger partial charge in [0, 0.05) is 17.6 Å². The molecule has 4 N–H and O–H groups in total. The third kappa shape index (κ3) is 6.66. The van der Waals surface area contributed by atoms with Crippen molar-refractivity contribution < 1.29 is 19.1 Å². The van der Waals surface area contributed by atoms with Gasteiger partial charge in [0.2, 0.25) is 0 Å². The van der Waals surface area contributed by atoms with Crippen LogP contribution in [-0.4, -0.2) is 37.9 Å². The van der Waals surface area contributed by atoms with Crippen LogP contribution >= 0.6 is 15.9 Å². The quantitative estimate of drug-likeness (QED) is 0.384. The molecular weight excluding hydrogens is 378 g/mol. The fourth-order valence-corrected chi connectivity index (χ4v) is 2.47. The zero-order valence-electron chi connectivity index (χ0n) is 14.4. The lowest BCUT2D eigenvalue weighted by Gasteiger charge is -2.19. The van der Waals surface area contributed by atoms with Gasteiger partial charge in [0.05, 0.1) is 24.0 Å². The predicted molar refractivity (Wildman–Crippen MR) is 97.2 cm³/mol. The van der Waals surface area contributed by atoms with E-state index in [1.807, 2.05) is 20.8 Å². The molecule has 0 aliphatic rings. The number of rotatable bonds is 6. The lowest BCUT2D eigenvalue weighted by Crippen LogP contribution is -2.33. The number of halogens is 1. The summed E-state index contributed by atoms with van der Waals surface area (Å²) in [5, 5.41) is 5.85. The molecule has 0 aliphatic carbocycles. The lowest BCUT2D eigenvalue weighted by molar-refractivity contribution is 0.0526. The number of hydrogen-bond acceptors (Lipinski definition) is 6. The molecule has 24 heavy (non-hydrogen) atoms. The van der Waals surface area contributed by atoms with Crippen molar-refractivity contribution in [1.29, 1.82) is 0 Å². The Morgan fingerprint density at radius 1 is 1.25 bits per heavy atom. The second kappa shape index (κ2) is 8.77. The average molecular weight is 402 g/mol. The maximum absolute atomic E-state index is 11.5. The summed E-state index contributed by atoms with van der Waals surface area (Å²) in [6.45, 7) is 6.50. The lowest BCUT2D eigenvalue weighted by atomic mass is 10.1. The van der Waals surface area contributed by atoms with Crippen molar-refractivity contribution in [1.82, 2.24) is 5.32 Å². The first kappa shape index (κ1) is 20.1. The summed E-state index contributed by atoms with van der Waals surface area (Å²) in [6, 6.07) is 3.20. The highest BCUT2D eigenvalue weighted by molar-refractivity contribution is 9.10. The van der Waals surface area contributed by atoms with Crippen molar-refractivity contribution in [2.45, 2.75) is 32.8 Å². The fraction of sp³-hybridized carbons (Fsp3) is 0.500. The molecule has 0 unspecified atom stereocenters. The van der Waals surface area contributed by atoms with E-state index in [0.717, 1.165) is 0 Å². The number of nitrogens with two attached hydrogens (primary N) is 1. The number of amides is 1. The standard InChI is InChI=1S/C16H24BrN3O4/c1-16(2,3)24-15(22)20-7-5-6-19-13-11(17)8-10(9-12(13)18)14(21)23-4/h8-9,19H,5-7,18H2,1-4H3,(H,20,22). The van der Waals surface area contributed by atoms with E-state index >= 15 is 0 Å². The number of esters is 1. The van der Waals surface area contributed by atoms with Crippen molar-refractivity contribution >= 4 is 39.4 Å². The molecule has 134 valence electrons. The van der Waals surface area contributed by atoms with Gasteiger partial charge >= 0.3 is 12.1 Å². The maximum atomic E-state index is 11.5. The summed E-state index contributed by atoms with van der Waals surface area (Å²) < 4.78 is 10.5. The van der Waals surface area contributed by atoms with Crippen molar-refractivity contribution in [3.63, 3.8) is 0 Å². The van der Waals surface area contributed by atoms with Crippen LogP contribution in [0.2, 0.25) is 0 Å². The number of alkyl carbamates (subject to hydrolysis) is 1. The van der Waals surface area contributed by atoms with E-state index in [9.17, 15) is 9.59 Å². The maximum Gasteiger partial charge on any atom is 0.407 e. The minimum absolute atomic E-state index is 0.374. The first-order valence-electron chi connectivity index (χ1n) is 7.52. The Morgan fingerprint density at radius 3 is 2.46 bits per heavy atom. The molecule has 1 aromatic carbocycles. The highest BCUT2D eigenvalue weighted by Gasteiger charge is 2.15. The molecule has 0 radical (unpaired) electrons. The van der Waals surface area contributed by atoms with Crippen LogP contribution in [0, 0.1) is 0 Å². The molecule has 1 amide bonds. The SMILES string of the molecule is COC(=O)c1cc(N)c(NCCCNC(=O)OC(C)(C)C)c(Br)c1. The molecule has 0 atom stereocenters. The zero-order valence-corrected chi connectivity index (χ0v) is 16.0. The van der Waals surface area contributed by atoms with Gasteiger partial charge in [0.1, 0.15) is 5.60 Å². The number of methoxy groups -OCH3 is 1. The second-order valence-corrected chi connectivity index (χ2v) is 6.98. The summed E-state index contributed by atoms with van der Waals surface area (Å²) in [7, 11) is 1.32. The first-order valence-corrected chi connectivity index (χ1v) is 8.31. The number of anilines is 2. The van der Waals surface area contributed by atoms with E-state index in [1.165, 1.54) is 7.11 Å². The van der Waals surface area contributed by atoms with Gasteiger partial charge < -0.3 is 25.8 Å². The highest BCUT2D eigenvalue weighted by atomic mass is 79.9. The van der Waals surface area contributed by atoms with Gasteiger partial charge in [-0.1, -0.05) is 0 Å². The number of nitrogens with one attached hydrogen (secondary N) is 2. The van der Waals surface area contributed by atoms with Crippen molar-refractivity contribution in [2.75, 3.05) is 31.2 Å². The molecule has 8 heteroatoms. The Morgan fingerprint density at radius 2 is 1.92 bits per heavy atom. The number of carbonyl (C=O) groups excluding carboxylic acids is 2. The van der Waals surface area contributed by atoms with E-state index in [2.05, 4.69) is 31.3 Å². The molecule has 0 heterocycles. The molecule has 0 bridgehead atoms. The Bertz CT molecular complexity index is 576. The number of nitrogen functional groups attached to an aromatic ring is 1. The monoisotopic (exact) mass is 401 g/mol. The van der Waals surface area contributed by atoms with Gasteiger partial charge in [0.25, 0.3) is 0 Å². The molecule has 7 nitrogen and oxygen atoms in total. The third-order valence-corrected chi connectivity index (χ3v) is 3.49. The van der Waals surface area contributed by atoms with Gasteiger partial charge in [-0.05, 0) is 55.3 Å². The first-order chi connectivity index (χ1) is 11.1. The molecule has 0 aliphatic heterocycles. The largest absolute Gasteiger partial charge is 0.465 e. The van der Waals surface area contributed by atoms with Crippen molar-refractivity contribution in [3.05, 3.63) is 22.2 Å². The van der Waals surface area contributed by atoms with Crippen LogP contribution in [0.4, 0.5) is 16.2 Å². The third-order valence-electron chi connectivity index (χ3n) is 2.87. The molecule has 0 aromatic heterocycles. The number of carbonyl (C=O) groups is 2. The molecule has 0 saturated carbocycles. The van der Waals surface area contributed by atoms with Crippen molar-refractivity contribution in [3.8, 4) is 0 Å². The van der Waals surface area contributed by atoms with E-state index in [4.69, 9.17) is 10.5 Å². The smallest absolute Gasteiger partial charge is 0.407 e. The minimum atomic E-state index is -0.511. The molecule has 0 saturated heterocycles. The summed E-state index contributed by atoms with van der Waals surface area (Å²) in [4.78, 5) is 23.0. The Hall–Kier alpha value is -1.96. The molecule has 1 rings (SSSR count). The van der Waals surface area contributed by atoms with E-state index in [1.54, 1.807) is 12.1 Å². The van der Waals surface area contributed by atoms with Crippen LogP contribution in [0.3, 0.4) is 0 Å². The fourth-order valence-electron chi connectivity index (χ4n) is 1.86. The van der Waals surface area contributed by atoms with E-state index < -0.39 is 17.7 Å².